The summed E-state index contributed by atoms with van der Waals surface area (Å²) < 4.78 is 80.5. The minimum atomic E-state index is -4.90. The van der Waals surface area contributed by atoms with Crippen molar-refractivity contribution in [2.75, 3.05) is 0 Å². The van der Waals surface area contributed by atoms with Crippen LogP contribution in [0, 0.1) is 6.07 Å². The Kier molecular flexibility index (Phi) is 4.20. The molecule has 0 saturated heterocycles. The maximum Gasteiger partial charge on any atom is 0.573 e. The van der Waals surface area contributed by atoms with Gasteiger partial charge in [0.05, 0.1) is 0 Å². The Morgan fingerprint density at radius 1 is 0.773 bits per heavy atom. The van der Waals surface area contributed by atoms with Crippen molar-refractivity contribution in [1.29, 1.82) is 0 Å². The summed E-state index contributed by atoms with van der Waals surface area (Å²) in [6, 6.07) is 10.6. The molecular weight excluding hydrogens is 314 g/mol. The molecule has 0 aliphatic heterocycles. The third-order valence-electron chi connectivity index (χ3n) is 2.43. The summed E-state index contributed by atoms with van der Waals surface area (Å²) in [7, 11) is 0. The predicted octanol–water partition coefficient (Wildman–Crippen LogP) is 4.95. The summed E-state index contributed by atoms with van der Waals surface area (Å²) in [4.78, 5) is 0. The first-order valence-corrected chi connectivity index (χ1v) is 5.77. The molecule has 0 fully saturated rings. The standard InChI is InChI=1S/C14H7F6O2/c15-13(16,17)21-10-7-5-9(6-8-10)11-3-1-2-4-12(11)22-14(18,19)20/h1-3,5-8H. The van der Waals surface area contributed by atoms with Crippen LogP contribution in [0.4, 0.5) is 26.3 Å². The van der Waals surface area contributed by atoms with E-state index in [-0.39, 0.29) is 11.1 Å². The fraction of sp³-hybridized carbons (Fsp3) is 0.143. The first kappa shape index (κ1) is 16.0. The van der Waals surface area contributed by atoms with Crippen LogP contribution in [-0.4, -0.2) is 12.7 Å². The van der Waals surface area contributed by atoms with Crippen molar-refractivity contribution in [2.45, 2.75) is 12.7 Å². The lowest BCUT2D eigenvalue weighted by atomic mass is 10.0. The zero-order chi connectivity index (χ0) is 16.4. The zero-order valence-electron chi connectivity index (χ0n) is 10.6. The Morgan fingerprint density at radius 3 is 1.91 bits per heavy atom. The topological polar surface area (TPSA) is 18.5 Å². The summed E-state index contributed by atoms with van der Waals surface area (Å²) in [5.74, 6) is -1.05. The maximum absolute atomic E-state index is 12.3. The summed E-state index contributed by atoms with van der Waals surface area (Å²) >= 11 is 0. The zero-order valence-corrected chi connectivity index (χ0v) is 10.6. The number of hydrogen-bond acceptors (Lipinski definition) is 2. The van der Waals surface area contributed by atoms with E-state index in [0.717, 1.165) is 12.1 Å². The van der Waals surface area contributed by atoms with Gasteiger partial charge in [-0.1, -0.05) is 30.3 Å². The highest BCUT2D eigenvalue weighted by Gasteiger charge is 2.32. The van der Waals surface area contributed by atoms with Crippen molar-refractivity contribution in [1.82, 2.24) is 0 Å². The molecule has 0 spiro atoms. The lowest BCUT2D eigenvalue weighted by Crippen LogP contribution is -2.17. The fourth-order valence-corrected chi connectivity index (χ4v) is 1.69. The van der Waals surface area contributed by atoms with E-state index in [4.69, 9.17) is 0 Å². The Balaban J connectivity index is 2.29. The predicted molar refractivity (Wildman–Crippen MR) is 64.1 cm³/mol. The van der Waals surface area contributed by atoms with Gasteiger partial charge in [0, 0.05) is 11.6 Å². The molecule has 2 aromatic carbocycles. The molecule has 0 atom stereocenters. The van der Waals surface area contributed by atoms with Crippen LogP contribution in [0.5, 0.6) is 11.5 Å². The van der Waals surface area contributed by atoms with Crippen LogP contribution in [0.15, 0.2) is 42.5 Å². The highest BCUT2D eigenvalue weighted by atomic mass is 19.4. The van der Waals surface area contributed by atoms with Crippen LogP contribution >= 0.6 is 0 Å². The van der Waals surface area contributed by atoms with Gasteiger partial charge in [-0.25, -0.2) is 0 Å². The van der Waals surface area contributed by atoms with Gasteiger partial charge in [-0.2, -0.15) is 0 Å². The Labute approximate surface area is 120 Å². The van der Waals surface area contributed by atoms with Gasteiger partial charge in [-0.15, -0.1) is 26.3 Å². The van der Waals surface area contributed by atoms with Gasteiger partial charge in [0.25, 0.3) is 0 Å². The van der Waals surface area contributed by atoms with E-state index in [2.05, 4.69) is 15.5 Å². The van der Waals surface area contributed by atoms with Gasteiger partial charge in [-0.3, -0.25) is 0 Å². The average molecular weight is 321 g/mol. The molecular formula is C14H7F6O2. The lowest BCUT2D eigenvalue weighted by Gasteiger charge is -2.13. The Hall–Kier alpha value is -2.38. The average Bonchev–Trinajstić information content (AvgIpc) is 2.37. The number of halogens is 6. The molecule has 0 amide bonds. The second kappa shape index (κ2) is 5.78. The minimum absolute atomic E-state index is 0.0402. The van der Waals surface area contributed by atoms with Gasteiger partial charge in [0.2, 0.25) is 0 Å². The van der Waals surface area contributed by atoms with E-state index in [9.17, 15) is 26.3 Å². The van der Waals surface area contributed by atoms with E-state index in [0.29, 0.717) is 0 Å². The molecule has 1 radical (unpaired) electrons. The molecule has 22 heavy (non-hydrogen) atoms. The Bertz CT molecular complexity index is 631. The molecule has 0 saturated carbocycles. The van der Waals surface area contributed by atoms with Gasteiger partial charge in [0.15, 0.2) is 0 Å². The number of hydrogen-bond donors (Lipinski definition) is 0. The maximum atomic E-state index is 12.3. The third kappa shape index (κ3) is 4.57. The number of rotatable bonds is 3. The van der Waals surface area contributed by atoms with Crippen LogP contribution in [0.2, 0.25) is 0 Å². The highest BCUT2D eigenvalue weighted by molar-refractivity contribution is 5.70. The smallest absolute Gasteiger partial charge is 0.406 e. The number of para-hydroxylation sites is 1. The molecule has 0 aliphatic carbocycles. The Morgan fingerprint density at radius 2 is 1.36 bits per heavy atom. The van der Waals surface area contributed by atoms with E-state index in [1.165, 1.54) is 30.3 Å². The third-order valence-corrected chi connectivity index (χ3v) is 2.43. The molecule has 117 valence electrons. The van der Waals surface area contributed by atoms with Crippen molar-refractivity contribution >= 4 is 0 Å². The van der Waals surface area contributed by atoms with Crippen molar-refractivity contribution < 1.29 is 35.8 Å². The number of ether oxygens (including phenoxy) is 2. The van der Waals surface area contributed by atoms with E-state index >= 15 is 0 Å². The van der Waals surface area contributed by atoms with Crippen molar-refractivity contribution in [3.8, 4) is 22.6 Å². The first-order valence-electron chi connectivity index (χ1n) is 5.77. The molecule has 0 aliphatic rings. The highest BCUT2D eigenvalue weighted by Crippen LogP contribution is 2.34. The van der Waals surface area contributed by atoms with Gasteiger partial charge in [0.1, 0.15) is 11.5 Å². The summed E-state index contributed by atoms with van der Waals surface area (Å²) in [6.07, 6.45) is -9.74. The molecule has 2 rings (SSSR count). The van der Waals surface area contributed by atoms with Crippen LogP contribution in [0.25, 0.3) is 11.1 Å². The summed E-state index contributed by atoms with van der Waals surface area (Å²) in [6.45, 7) is 0. The first-order chi connectivity index (χ1) is 10.1. The van der Waals surface area contributed by atoms with E-state index in [1.54, 1.807) is 0 Å². The molecule has 2 aromatic rings. The van der Waals surface area contributed by atoms with Gasteiger partial charge < -0.3 is 9.47 Å². The van der Waals surface area contributed by atoms with E-state index in [1.807, 2.05) is 0 Å². The molecule has 8 heteroatoms. The van der Waals surface area contributed by atoms with Gasteiger partial charge >= 0.3 is 12.7 Å². The van der Waals surface area contributed by atoms with E-state index < -0.39 is 24.2 Å². The number of alkyl halides is 6. The van der Waals surface area contributed by atoms with Crippen LogP contribution < -0.4 is 9.47 Å². The van der Waals surface area contributed by atoms with Crippen molar-refractivity contribution in [2.24, 2.45) is 0 Å². The normalized spacial score (nSPS) is 12.1. The second-order valence-corrected chi connectivity index (χ2v) is 4.03. The summed E-state index contributed by atoms with van der Waals surface area (Å²) in [5.41, 5.74) is 0.268. The van der Waals surface area contributed by atoms with Gasteiger partial charge in [-0.05, 0) is 17.7 Å². The van der Waals surface area contributed by atoms with Crippen LogP contribution in [0.1, 0.15) is 0 Å². The lowest BCUT2D eigenvalue weighted by molar-refractivity contribution is -0.275. The molecule has 0 N–H and O–H groups in total. The molecule has 0 bridgehead atoms. The molecule has 2 nitrogen and oxygen atoms in total. The quantitative estimate of drug-likeness (QED) is 0.745. The molecule has 0 aromatic heterocycles. The summed E-state index contributed by atoms with van der Waals surface area (Å²) in [5, 5.41) is 0. The number of benzene rings is 2. The minimum Gasteiger partial charge on any atom is -0.406 e. The van der Waals surface area contributed by atoms with Crippen molar-refractivity contribution in [3.63, 3.8) is 0 Å². The van der Waals surface area contributed by atoms with Crippen LogP contribution in [0.3, 0.4) is 0 Å². The SMILES string of the molecule is FC(F)(F)Oc1ccc(-c2ccc[c]c2OC(F)(F)F)cc1. The second-order valence-electron chi connectivity index (χ2n) is 4.03. The van der Waals surface area contributed by atoms with Crippen LogP contribution in [-0.2, 0) is 0 Å². The molecule has 0 heterocycles. The molecule has 0 unspecified atom stereocenters. The monoisotopic (exact) mass is 321 g/mol. The largest absolute Gasteiger partial charge is 0.573 e. The fourth-order valence-electron chi connectivity index (χ4n) is 1.69. The van der Waals surface area contributed by atoms with Crippen molar-refractivity contribution in [3.05, 3.63) is 48.5 Å².